The highest BCUT2D eigenvalue weighted by molar-refractivity contribution is 6.99. The molecule has 1 rings (SSSR count). The fourth-order valence-corrected chi connectivity index (χ4v) is 1.35. The molecule has 0 saturated carbocycles. The summed E-state index contributed by atoms with van der Waals surface area (Å²) in [6, 6.07) is 0. The Morgan fingerprint density at radius 3 is 2.82 bits per heavy atom. The summed E-state index contributed by atoms with van der Waals surface area (Å²) in [5.41, 5.74) is 0.698. The maximum atomic E-state index is 9.48. The molecule has 0 amide bonds. The number of rotatable bonds is 3. The van der Waals surface area contributed by atoms with Crippen LogP contribution in [0.4, 0.5) is 0 Å². The molecule has 1 N–H and O–H groups in total. The van der Waals surface area contributed by atoms with Crippen LogP contribution in [0.15, 0.2) is 6.20 Å². The first-order valence-corrected chi connectivity index (χ1v) is 4.38. The van der Waals surface area contributed by atoms with E-state index in [1.165, 1.54) is 0 Å². The quantitative estimate of drug-likeness (QED) is 0.753. The van der Waals surface area contributed by atoms with Gasteiger partial charge in [-0.25, -0.2) is 0 Å². The van der Waals surface area contributed by atoms with E-state index in [1.807, 2.05) is 0 Å². The zero-order valence-corrected chi connectivity index (χ0v) is 7.51. The molecule has 0 aliphatic heterocycles. The molecule has 4 heteroatoms. The molecule has 1 heterocycles. The van der Waals surface area contributed by atoms with Gasteiger partial charge in [-0.2, -0.15) is 8.75 Å². The van der Waals surface area contributed by atoms with Crippen LogP contribution in [0.2, 0.25) is 0 Å². The predicted molar refractivity (Wildman–Crippen MR) is 44.3 cm³/mol. The standard InChI is InChI=1S/C7H12N2OS/c1-5(2)3-7(10)6-4-8-11-9-6/h4-5,7,10H,3H2,1-2H3. The van der Waals surface area contributed by atoms with Gasteiger partial charge in [0.25, 0.3) is 0 Å². The van der Waals surface area contributed by atoms with Crippen LogP contribution in [0.1, 0.15) is 32.1 Å². The molecule has 1 aromatic heterocycles. The minimum absolute atomic E-state index is 0.436. The van der Waals surface area contributed by atoms with Crippen molar-refractivity contribution < 1.29 is 5.11 Å². The van der Waals surface area contributed by atoms with Gasteiger partial charge in [0.05, 0.1) is 24.0 Å². The van der Waals surface area contributed by atoms with Crippen molar-refractivity contribution in [1.82, 2.24) is 8.75 Å². The van der Waals surface area contributed by atoms with Crippen LogP contribution in [0, 0.1) is 5.92 Å². The van der Waals surface area contributed by atoms with Crippen LogP contribution < -0.4 is 0 Å². The van der Waals surface area contributed by atoms with E-state index in [1.54, 1.807) is 6.20 Å². The van der Waals surface area contributed by atoms with E-state index >= 15 is 0 Å². The minimum Gasteiger partial charge on any atom is -0.387 e. The highest BCUT2D eigenvalue weighted by Crippen LogP contribution is 2.18. The molecular weight excluding hydrogens is 160 g/mol. The number of hydrogen-bond donors (Lipinski definition) is 1. The van der Waals surface area contributed by atoms with Crippen LogP contribution in [0.25, 0.3) is 0 Å². The van der Waals surface area contributed by atoms with Crippen LogP contribution in [0.3, 0.4) is 0 Å². The molecule has 0 aromatic carbocycles. The van der Waals surface area contributed by atoms with Crippen molar-refractivity contribution in [1.29, 1.82) is 0 Å². The Morgan fingerprint density at radius 1 is 1.64 bits per heavy atom. The molecule has 1 unspecified atom stereocenters. The molecular formula is C7H12N2OS. The van der Waals surface area contributed by atoms with Gasteiger partial charge in [-0.15, -0.1) is 0 Å². The zero-order chi connectivity index (χ0) is 8.27. The largest absolute Gasteiger partial charge is 0.387 e. The van der Waals surface area contributed by atoms with Crippen molar-refractivity contribution >= 4 is 11.7 Å². The Labute approximate surface area is 70.4 Å². The minimum atomic E-state index is -0.436. The van der Waals surface area contributed by atoms with Crippen molar-refractivity contribution in [3.05, 3.63) is 11.9 Å². The third kappa shape index (κ3) is 2.55. The van der Waals surface area contributed by atoms with Crippen LogP contribution in [-0.2, 0) is 0 Å². The molecule has 0 aliphatic carbocycles. The number of nitrogens with zero attached hydrogens (tertiary/aromatic N) is 2. The van der Waals surface area contributed by atoms with Crippen molar-refractivity contribution in [3.63, 3.8) is 0 Å². The Hall–Kier alpha value is -0.480. The molecule has 0 spiro atoms. The van der Waals surface area contributed by atoms with Crippen molar-refractivity contribution in [2.75, 3.05) is 0 Å². The molecule has 0 radical (unpaired) electrons. The monoisotopic (exact) mass is 172 g/mol. The zero-order valence-electron chi connectivity index (χ0n) is 6.69. The normalized spacial score (nSPS) is 13.8. The van der Waals surface area contributed by atoms with E-state index < -0.39 is 6.10 Å². The van der Waals surface area contributed by atoms with Crippen LogP contribution in [-0.4, -0.2) is 13.9 Å². The van der Waals surface area contributed by atoms with E-state index in [2.05, 4.69) is 22.6 Å². The summed E-state index contributed by atoms with van der Waals surface area (Å²) in [6.07, 6.45) is 1.94. The number of hydrogen-bond acceptors (Lipinski definition) is 4. The topological polar surface area (TPSA) is 46.0 Å². The summed E-state index contributed by atoms with van der Waals surface area (Å²) >= 11 is 1.14. The highest BCUT2D eigenvalue weighted by Gasteiger charge is 2.11. The van der Waals surface area contributed by atoms with Gasteiger partial charge in [0.1, 0.15) is 5.69 Å². The first kappa shape index (κ1) is 8.62. The van der Waals surface area contributed by atoms with Gasteiger partial charge in [-0.1, -0.05) is 13.8 Å². The lowest BCUT2D eigenvalue weighted by atomic mass is 10.0. The second kappa shape index (κ2) is 3.78. The fraction of sp³-hybridized carbons (Fsp3) is 0.714. The second-order valence-electron chi connectivity index (χ2n) is 2.98. The number of aliphatic hydroxyl groups is 1. The molecule has 0 aliphatic rings. The Kier molecular flexibility index (Phi) is 2.96. The maximum absolute atomic E-state index is 9.48. The third-order valence-corrected chi connectivity index (χ3v) is 1.91. The molecule has 0 fully saturated rings. The van der Waals surface area contributed by atoms with E-state index in [0.29, 0.717) is 11.6 Å². The maximum Gasteiger partial charge on any atom is 0.103 e. The van der Waals surface area contributed by atoms with Crippen LogP contribution in [0.5, 0.6) is 0 Å². The third-order valence-electron chi connectivity index (χ3n) is 1.41. The summed E-state index contributed by atoms with van der Waals surface area (Å²) in [5.74, 6) is 0.492. The van der Waals surface area contributed by atoms with Gasteiger partial charge in [-0.3, -0.25) is 0 Å². The second-order valence-corrected chi connectivity index (χ2v) is 3.53. The molecule has 3 nitrogen and oxygen atoms in total. The Morgan fingerprint density at radius 2 is 2.36 bits per heavy atom. The summed E-state index contributed by atoms with van der Waals surface area (Å²) in [5, 5.41) is 9.48. The predicted octanol–water partition coefficient (Wildman–Crippen LogP) is 1.62. The van der Waals surface area contributed by atoms with E-state index in [-0.39, 0.29) is 0 Å². The number of aromatic nitrogens is 2. The van der Waals surface area contributed by atoms with Gasteiger partial charge >= 0.3 is 0 Å². The lowest BCUT2D eigenvalue weighted by molar-refractivity contribution is 0.147. The average molecular weight is 172 g/mol. The molecule has 1 atom stereocenters. The number of aliphatic hydroxyl groups excluding tert-OH is 1. The van der Waals surface area contributed by atoms with E-state index in [4.69, 9.17) is 0 Å². The SMILES string of the molecule is CC(C)CC(O)c1cnsn1. The van der Waals surface area contributed by atoms with Gasteiger partial charge in [0.15, 0.2) is 0 Å². The van der Waals surface area contributed by atoms with Crippen molar-refractivity contribution in [2.24, 2.45) is 5.92 Å². The molecule has 11 heavy (non-hydrogen) atoms. The molecule has 1 aromatic rings. The Balaban J connectivity index is 2.49. The first-order valence-electron chi connectivity index (χ1n) is 3.65. The first-order chi connectivity index (χ1) is 5.20. The fourth-order valence-electron chi connectivity index (χ4n) is 0.886. The van der Waals surface area contributed by atoms with Crippen molar-refractivity contribution in [3.8, 4) is 0 Å². The summed E-state index contributed by atoms with van der Waals surface area (Å²) in [7, 11) is 0. The van der Waals surface area contributed by atoms with Crippen molar-refractivity contribution in [2.45, 2.75) is 26.4 Å². The van der Waals surface area contributed by atoms with Crippen LogP contribution >= 0.6 is 11.7 Å². The lowest BCUT2D eigenvalue weighted by Gasteiger charge is -2.08. The molecule has 62 valence electrons. The van der Waals surface area contributed by atoms with Gasteiger partial charge in [0.2, 0.25) is 0 Å². The smallest absolute Gasteiger partial charge is 0.103 e. The highest BCUT2D eigenvalue weighted by atomic mass is 32.1. The summed E-state index contributed by atoms with van der Waals surface area (Å²) in [4.78, 5) is 0. The summed E-state index contributed by atoms with van der Waals surface area (Å²) < 4.78 is 7.77. The Bertz CT molecular complexity index is 198. The average Bonchev–Trinajstić information content (AvgIpc) is 2.35. The lowest BCUT2D eigenvalue weighted by Crippen LogP contribution is -2.01. The van der Waals surface area contributed by atoms with E-state index in [0.717, 1.165) is 18.1 Å². The summed E-state index contributed by atoms with van der Waals surface area (Å²) in [6.45, 7) is 4.14. The van der Waals surface area contributed by atoms with Gasteiger partial charge in [0, 0.05) is 0 Å². The van der Waals surface area contributed by atoms with Gasteiger partial charge < -0.3 is 5.11 Å². The van der Waals surface area contributed by atoms with E-state index in [9.17, 15) is 5.11 Å². The van der Waals surface area contributed by atoms with Gasteiger partial charge in [-0.05, 0) is 12.3 Å². The molecule has 0 saturated heterocycles. The molecule has 0 bridgehead atoms.